The second kappa shape index (κ2) is 8.54. The molecule has 1 amide bonds. The molecule has 1 aliphatic heterocycles. The summed E-state index contributed by atoms with van der Waals surface area (Å²) in [5.74, 6) is 0.667. The minimum atomic E-state index is -0.364. The van der Waals surface area contributed by atoms with Gasteiger partial charge in [-0.05, 0) is 54.5 Å². The summed E-state index contributed by atoms with van der Waals surface area (Å²) in [5.41, 5.74) is 1.35. The first kappa shape index (κ1) is 19.4. The van der Waals surface area contributed by atoms with E-state index in [9.17, 15) is 9.18 Å². The third-order valence-corrected chi connectivity index (χ3v) is 5.13. The number of halogens is 1. The molecule has 0 radical (unpaired) electrons. The van der Waals surface area contributed by atoms with Gasteiger partial charge in [-0.1, -0.05) is 37.0 Å². The fourth-order valence-corrected chi connectivity index (χ4v) is 3.84. The molecule has 0 saturated carbocycles. The number of anilines is 1. The van der Waals surface area contributed by atoms with Crippen LogP contribution < -0.4 is 14.4 Å². The van der Waals surface area contributed by atoms with Crippen LogP contribution >= 0.6 is 24.0 Å². The van der Waals surface area contributed by atoms with Crippen molar-refractivity contribution in [1.29, 1.82) is 0 Å². The highest BCUT2D eigenvalue weighted by atomic mass is 32.2. The lowest BCUT2D eigenvalue weighted by Crippen LogP contribution is -2.27. The zero-order valence-corrected chi connectivity index (χ0v) is 16.5. The Labute approximate surface area is 167 Å². The molecule has 1 saturated heterocycles. The number of benzene rings is 2. The number of thiocarbonyl (C=S) groups is 1. The summed E-state index contributed by atoms with van der Waals surface area (Å²) in [6, 6.07) is 11.2. The lowest BCUT2D eigenvalue weighted by molar-refractivity contribution is -0.113. The highest BCUT2D eigenvalue weighted by Gasteiger charge is 2.33. The predicted octanol–water partition coefficient (Wildman–Crippen LogP) is 5.03. The molecule has 2 aromatic carbocycles. The predicted molar refractivity (Wildman–Crippen MR) is 111 cm³/mol. The van der Waals surface area contributed by atoms with Crippen molar-refractivity contribution in [1.82, 2.24) is 0 Å². The highest BCUT2D eigenvalue weighted by molar-refractivity contribution is 8.27. The number of hydrogen-bond acceptors (Lipinski definition) is 5. The summed E-state index contributed by atoms with van der Waals surface area (Å²) >= 11 is 6.54. The molecule has 0 bridgehead atoms. The van der Waals surface area contributed by atoms with Crippen LogP contribution in [-0.2, 0) is 4.79 Å². The van der Waals surface area contributed by atoms with E-state index in [1.165, 1.54) is 40.9 Å². The van der Waals surface area contributed by atoms with E-state index in [4.69, 9.17) is 21.7 Å². The number of rotatable bonds is 6. The fraction of sp³-hybridized carbons (Fsp3) is 0.200. The van der Waals surface area contributed by atoms with Crippen LogP contribution in [0.5, 0.6) is 11.5 Å². The first-order valence-corrected chi connectivity index (χ1v) is 9.60. The first-order valence-electron chi connectivity index (χ1n) is 8.38. The van der Waals surface area contributed by atoms with Crippen molar-refractivity contribution in [2.24, 2.45) is 0 Å². The van der Waals surface area contributed by atoms with E-state index in [0.29, 0.717) is 33.0 Å². The van der Waals surface area contributed by atoms with Crippen LogP contribution in [0.1, 0.15) is 18.9 Å². The van der Waals surface area contributed by atoms with Gasteiger partial charge in [0.05, 0.1) is 24.3 Å². The Morgan fingerprint density at radius 1 is 1.19 bits per heavy atom. The topological polar surface area (TPSA) is 38.8 Å². The summed E-state index contributed by atoms with van der Waals surface area (Å²) in [6.45, 7) is 2.63. The summed E-state index contributed by atoms with van der Waals surface area (Å²) < 4.78 is 24.6. The average Bonchev–Trinajstić information content (AvgIpc) is 2.94. The SMILES string of the molecule is CCCOc1ccc(/C=C2\SC(=S)N(c3ccc(F)cc3)C2=O)cc1OC. The van der Waals surface area contributed by atoms with Gasteiger partial charge >= 0.3 is 0 Å². The van der Waals surface area contributed by atoms with Gasteiger partial charge in [-0.25, -0.2) is 4.39 Å². The van der Waals surface area contributed by atoms with E-state index < -0.39 is 0 Å². The number of carbonyl (C=O) groups is 1. The third-order valence-electron chi connectivity index (χ3n) is 3.83. The zero-order valence-electron chi connectivity index (χ0n) is 14.9. The summed E-state index contributed by atoms with van der Waals surface area (Å²) in [5, 5.41) is 0. The number of hydrogen-bond donors (Lipinski definition) is 0. The molecule has 27 heavy (non-hydrogen) atoms. The van der Waals surface area contributed by atoms with Crippen LogP contribution in [0.15, 0.2) is 47.4 Å². The number of thioether (sulfide) groups is 1. The maximum atomic E-state index is 13.1. The van der Waals surface area contributed by atoms with E-state index >= 15 is 0 Å². The molecule has 1 aliphatic rings. The van der Waals surface area contributed by atoms with Gasteiger partial charge in [-0.15, -0.1) is 0 Å². The molecule has 1 fully saturated rings. The minimum Gasteiger partial charge on any atom is -0.493 e. The molecule has 0 spiro atoms. The number of amides is 1. The van der Waals surface area contributed by atoms with E-state index in [2.05, 4.69) is 0 Å². The van der Waals surface area contributed by atoms with Gasteiger partial charge < -0.3 is 9.47 Å². The first-order chi connectivity index (χ1) is 13.0. The Bertz CT molecular complexity index is 897. The minimum absolute atomic E-state index is 0.234. The Morgan fingerprint density at radius 3 is 2.59 bits per heavy atom. The molecule has 140 valence electrons. The van der Waals surface area contributed by atoms with Crippen LogP contribution in [0.3, 0.4) is 0 Å². The average molecular weight is 404 g/mol. The molecule has 0 aliphatic carbocycles. The van der Waals surface area contributed by atoms with Crippen molar-refractivity contribution in [2.45, 2.75) is 13.3 Å². The Balaban J connectivity index is 1.86. The molecule has 0 aromatic heterocycles. The normalized spacial score (nSPS) is 15.5. The molecule has 0 N–H and O–H groups in total. The Hall–Kier alpha value is -2.38. The Morgan fingerprint density at radius 2 is 1.93 bits per heavy atom. The van der Waals surface area contributed by atoms with Crippen LogP contribution in [0.2, 0.25) is 0 Å². The highest BCUT2D eigenvalue weighted by Crippen LogP contribution is 2.37. The molecular weight excluding hydrogens is 385 g/mol. The lowest BCUT2D eigenvalue weighted by Gasteiger charge is -2.14. The van der Waals surface area contributed by atoms with Crippen LogP contribution in [0.25, 0.3) is 6.08 Å². The van der Waals surface area contributed by atoms with Gasteiger partial charge in [-0.3, -0.25) is 9.69 Å². The van der Waals surface area contributed by atoms with Gasteiger partial charge in [0.15, 0.2) is 15.8 Å². The molecule has 0 atom stereocenters. The van der Waals surface area contributed by atoms with Crippen molar-refractivity contribution >= 4 is 46.0 Å². The zero-order chi connectivity index (χ0) is 19.4. The van der Waals surface area contributed by atoms with Gasteiger partial charge in [0.2, 0.25) is 0 Å². The molecular formula is C20H18FNO3S2. The van der Waals surface area contributed by atoms with Crippen molar-refractivity contribution in [3.8, 4) is 11.5 Å². The molecule has 1 heterocycles. The maximum Gasteiger partial charge on any atom is 0.270 e. The van der Waals surface area contributed by atoms with Gasteiger partial charge in [0.1, 0.15) is 5.82 Å². The third kappa shape index (κ3) is 4.31. The second-order valence-electron chi connectivity index (χ2n) is 5.75. The van der Waals surface area contributed by atoms with Crippen molar-refractivity contribution < 1.29 is 18.7 Å². The number of nitrogens with zero attached hydrogens (tertiary/aromatic N) is 1. The second-order valence-corrected chi connectivity index (χ2v) is 7.43. The van der Waals surface area contributed by atoms with Crippen LogP contribution in [0, 0.1) is 5.82 Å². The molecule has 4 nitrogen and oxygen atoms in total. The Kier molecular flexibility index (Phi) is 6.13. The summed E-state index contributed by atoms with van der Waals surface area (Å²) in [4.78, 5) is 14.7. The van der Waals surface area contributed by atoms with Crippen LogP contribution in [-0.4, -0.2) is 23.9 Å². The van der Waals surface area contributed by atoms with E-state index in [1.54, 1.807) is 13.2 Å². The standard InChI is InChI=1S/C20H18FNO3S2/c1-3-10-25-16-9-4-13(11-17(16)24-2)12-18-19(23)22(20(26)27-18)15-7-5-14(21)6-8-15/h4-9,11-12H,3,10H2,1-2H3/b18-12-. The largest absolute Gasteiger partial charge is 0.493 e. The molecule has 3 rings (SSSR count). The van der Waals surface area contributed by atoms with E-state index in [-0.39, 0.29) is 11.7 Å². The number of carbonyl (C=O) groups excluding carboxylic acids is 1. The lowest BCUT2D eigenvalue weighted by atomic mass is 10.2. The van der Waals surface area contributed by atoms with Gasteiger partial charge in [0.25, 0.3) is 5.91 Å². The molecule has 7 heteroatoms. The number of ether oxygens (including phenoxy) is 2. The quantitative estimate of drug-likeness (QED) is 0.500. The molecule has 2 aromatic rings. The smallest absolute Gasteiger partial charge is 0.270 e. The summed E-state index contributed by atoms with van der Waals surface area (Å²) in [7, 11) is 1.58. The maximum absolute atomic E-state index is 13.1. The van der Waals surface area contributed by atoms with Crippen molar-refractivity contribution in [2.75, 3.05) is 18.6 Å². The summed E-state index contributed by atoms with van der Waals surface area (Å²) in [6.07, 6.45) is 2.66. The number of methoxy groups -OCH3 is 1. The van der Waals surface area contributed by atoms with Gasteiger partial charge in [0, 0.05) is 0 Å². The van der Waals surface area contributed by atoms with E-state index in [0.717, 1.165) is 12.0 Å². The fourth-order valence-electron chi connectivity index (χ4n) is 2.54. The monoisotopic (exact) mass is 403 g/mol. The van der Waals surface area contributed by atoms with Crippen LogP contribution in [0.4, 0.5) is 10.1 Å². The van der Waals surface area contributed by atoms with Gasteiger partial charge in [-0.2, -0.15) is 0 Å². The molecule has 0 unspecified atom stereocenters. The van der Waals surface area contributed by atoms with E-state index in [1.807, 2.05) is 25.1 Å². The van der Waals surface area contributed by atoms with Crippen molar-refractivity contribution in [3.05, 3.63) is 58.8 Å². The van der Waals surface area contributed by atoms with Crippen molar-refractivity contribution in [3.63, 3.8) is 0 Å².